The molecule has 0 unspecified atom stereocenters. The van der Waals surface area contributed by atoms with Crippen molar-refractivity contribution in [2.45, 2.75) is 32.4 Å². The Labute approximate surface area is 128 Å². The molecule has 0 spiro atoms. The number of hydrogen-bond donors (Lipinski definition) is 0. The van der Waals surface area contributed by atoms with Crippen LogP contribution in [-0.2, 0) is 0 Å². The Bertz CT molecular complexity index is 503. The summed E-state index contributed by atoms with van der Waals surface area (Å²) in [5.74, 6) is 0. The molecule has 104 valence electrons. The van der Waals surface area contributed by atoms with Gasteiger partial charge in [-0.25, -0.2) is 0 Å². The third-order valence-electron chi connectivity index (χ3n) is 5.40. The standard InChI is InChI=1S/C11H16Si.C6H5.CH3.Sn/c1-4-12(3,5-2)11-9-7-6-8-10-11;1-2-4-6-5-3-1;;/h6-10H,1-2,4-5H2,3H3;1-5H;1H3;. The fourth-order valence-electron chi connectivity index (χ4n) is 3.61. The van der Waals surface area contributed by atoms with Crippen LogP contribution < -0.4 is 8.77 Å². The topological polar surface area (TPSA) is 0 Å². The van der Waals surface area contributed by atoms with Gasteiger partial charge in [-0.1, -0.05) is 0 Å². The Morgan fingerprint density at radius 1 is 0.800 bits per heavy atom. The summed E-state index contributed by atoms with van der Waals surface area (Å²) in [6.45, 7) is 2.61. The fourth-order valence-corrected chi connectivity index (χ4v) is 31.7. The molecule has 3 rings (SSSR count). The maximum atomic E-state index is 2.67. The van der Waals surface area contributed by atoms with E-state index in [9.17, 15) is 0 Å². The van der Waals surface area contributed by atoms with Crippen molar-refractivity contribution >= 4 is 35.2 Å². The fraction of sp³-hybridized carbons (Fsp3) is 0.333. The van der Waals surface area contributed by atoms with Crippen molar-refractivity contribution in [1.82, 2.24) is 0 Å². The molecule has 0 bridgehead atoms. The third-order valence-corrected chi connectivity index (χ3v) is 25.3. The van der Waals surface area contributed by atoms with E-state index in [4.69, 9.17) is 0 Å². The Hall–Kier alpha value is -0.544. The molecule has 2 heteroatoms. The Balaban J connectivity index is 1.80. The summed E-state index contributed by atoms with van der Waals surface area (Å²) >= 11 is -2.01. The van der Waals surface area contributed by atoms with Crippen LogP contribution in [0.4, 0.5) is 0 Å². The monoisotopic (exact) mass is 388 g/mol. The minimum atomic E-state index is -2.01. The average Bonchev–Trinajstić information content (AvgIpc) is 2.52. The Morgan fingerprint density at radius 3 is 1.85 bits per heavy atom. The normalized spacial score (nSPS) is 30.1. The van der Waals surface area contributed by atoms with E-state index in [1.165, 1.54) is 12.1 Å². The van der Waals surface area contributed by atoms with Gasteiger partial charge in [0.25, 0.3) is 0 Å². The summed E-state index contributed by atoms with van der Waals surface area (Å²) < 4.78 is 4.85. The van der Waals surface area contributed by atoms with Crippen LogP contribution in [0.2, 0.25) is 32.4 Å². The van der Waals surface area contributed by atoms with Crippen molar-refractivity contribution in [3.8, 4) is 0 Å². The van der Waals surface area contributed by atoms with Crippen molar-refractivity contribution in [1.29, 1.82) is 0 Å². The van der Waals surface area contributed by atoms with Gasteiger partial charge in [0.2, 0.25) is 0 Å². The average molecular weight is 387 g/mol. The maximum absolute atomic E-state index is 2.67. The second-order valence-corrected chi connectivity index (χ2v) is 25.0. The van der Waals surface area contributed by atoms with E-state index in [1.54, 1.807) is 17.6 Å². The van der Waals surface area contributed by atoms with E-state index in [-0.39, 0.29) is 0 Å². The molecule has 0 saturated carbocycles. The minimum absolute atomic E-state index is 1.18. The first-order valence-corrected chi connectivity index (χ1v) is 19.0. The van der Waals surface area contributed by atoms with Crippen LogP contribution in [0.1, 0.15) is 0 Å². The summed E-state index contributed by atoms with van der Waals surface area (Å²) in [5, 5.41) is 1.68. The molecular formula is C18H24SiSn. The third kappa shape index (κ3) is 2.75. The second-order valence-electron chi connectivity index (χ2n) is 6.85. The van der Waals surface area contributed by atoms with Gasteiger partial charge in [-0.05, 0) is 0 Å². The van der Waals surface area contributed by atoms with Crippen LogP contribution in [0.3, 0.4) is 0 Å². The quantitative estimate of drug-likeness (QED) is 0.685. The molecule has 0 radical (unpaired) electrons. The summed E-state index contributed by atoms with van der Waals surface area (Å²) in [4.78, 5) is 2.67. The van der Waals surface area contributed by atoms with Gasteiger partial charge in [0.05, 0.1) is 0 Å². The summed E-state index contributed by atoms with van der Waals surface area (Å²) in [6.07, 6.45) is 0. The van der Waals surface area contributed by atoms with Crippen molar-refractivity contribution in [3.63, 3.8) is 0 Å². The van der Waals surface area contributed by atoms with E-state index in [1.807, 2.05) is 0 Å². The van der Waals surface area contributed by atoms with Crippen LogP contribution in [0.15, 0.2) is 60.7 Å². The molecule has 0 N–H and O–H groups in total. The van der Waals surface area contributed by atoms with Gasteiger partial charge in [0.15, 0.2) is 0 Å². The van der Waals surface area contributed by atoms with Gasteiger partial charge < -0.3 is 0 Å². The van der Waals surface area contributed by atoms with Crippen molar-refractivity contribution in [3.05, 3.63) is 60.7 Å². The van der Waals surface area contributed by atoms with Crippen molar-refractivity contribution < 1.29 is 0 Å². The SMILES string of the molecule is C[Si]1(c2ccccc2)C[CH2][Sn]([CH3])([c]2ccccc2)[CH2]C1. The second kappa shape index (κ2) is 5.68. The van der Waals surface area contributed by atoms with E-state index < -0.39 is 26.5 Å². The molecule has 1 saturated heterocycles. The molecular weight excluding hydrogens is 363 g/mol. The van der Waals surface area contributed by atoms with Gasteiger partial charge in [-0.3, -0.25) is 0 Å². The summed E-state index contributed by atoms with van der Waals surface area (Å²) in [6, 6.07) is 25.8. The molecule has 1 fully saturated rings. The number of benzene rings is 2. The van der Waals surface area contributed by atoms with E-state index in [0.29, 0.717) is 0 Å². The zero-order valence-corrected chi connectivity index (χ0v) is 16.5. The van der Waals surface area contributed by atoms with Crippen LogP contribution in [0, 0.1) is 0 Å². The summed E-state index contributed by atoms with van der Waals surface area (Å²) in [7, 11) is -1.18. The molecule has 20 heavy (non-hydrogen) atoms. The molecule has 0 nitrogen and oxygen atoms in total. The van der Waals surface area contributed by atoms with E-state index in [2.05, 4.69) is 72.2 Å². The Kier molecular flexibility index (Phi) is 4.09. The van der Waals surface area contributed by atoms with E-state index >= 15 is 0 Å². The Morgan fingerprint density at radius 2 is 1.30 bits per heavy atom. The molecule has 0 amide bonds. The molecule has 0 aliphatic carbocycles. The molecule has 1 aliphatic rings. The predicted molar refractivity (Wildman–Crippen MR) is 94.6 cm³/mol. The molecule has 0 aromatic heterocycles. The molecule has 1 heterocycles. The first kappa shape index (κ1) is 14.4. The molecule has 2 aromatic rings. The van der Waals surface area contributed by atoms with Crippen LogP contribution in [-0.4, -0.2) is 26.5 Å². The van der Waals surface area contributed by atoms with Gasteiger partial charge >= 0.3 is 128 Å². The number of rotatable bonds is 2. The van der Waals surface area contributed by atoms with Gasteiger partial charge in [-0.2, -0.15) is 0 Å². The first-order chi connectivity index (χ1) is 9.62. The predicted octanol–water partition coefficient (Wildman–Crippen LogP) is 3.97. The zero-order valence-electron chi connectivity index (χ0n) is 12.6. The van der Waals surface area contributed by atoms with Gasteiger partial charge in [0, 0.05) is 0 Å². The van der Waals surface area contributed by atoms with Crippen LogP contribution >= 0.6 is 0 Å². The van der Waals surface area contributed by atoms with Gasteiger partial charge in [0.1, 0.15) is 0 Å². The molecule has 2 aromatic carbocycles. The van der Waals surface area contributed by atoms with Crippen molar-refractivity contribution in [2.24, 2.45) is 0 Å². The molecule has 0 atom stereocenters. The van der Waals surface area contributed by atoms with Crippen LogP contribution in [0.5, 0.6) is 0 Å². The number of hydrogen-bond acceptors (Lipinski definition) is 0. The van der Waals surface area contributed by atoms with E-state index in [0.717, 1.165) is 0 Å². The zero-order chi connectivity index (χ0) is 14.1. The van der Waals surface area contributed by atoms with Gasteiger partial charge in [-0.15, -0.1) is 0 Å². The summed E-state index contributed by atoms with van der Waals surface area (Å²) in [5.41, 5.74) is 0. The molecule has 1 aliphatic heterocycles. The van der Waals surface area contributed by atoms with Crippen molar-refractivity contribution in [2.75, 3.05) is 0 Å². The van der Waals surface area contributed by atoms with Crippen LogP contribution in [0.25, 0.3) is 0 Å². The first-order valence-electron chi connectivity index (χ1n) is 7.74.